The maximum atomic E-state index is 13.0. The van der Waals surface area contributed by atoms with E-state index in [1.54, 1.807) is 0 Å². The summed E-state index contributed by atoms with van der Waals surface area (Å²) in [6.07, 6.45) is -3.46. The molecule has 6 nitrogen and oxygen atoms in total. The molecule has 3 fully saturated rings. The van der Waals surface area contributed by atoms with Crippen LogP contribution < -0.4 is 15.4 Å². The average Bonchev–Trinajstić information content (AvgIpc) is 2.82. The topological polar surface area (TPSA) is 87.7 Å². The van der Waals surface area contributed by atoms with Crippen molar-refractivity contribution in [3.63, 3.8) is 0 Å². The van der Waals surface area contributed by atoms with E-state index in [2.05, 4.69) is 10.6 Å². The lowest BCUT2D eigenvalue weighted by atomic mass is 9.55. The van der Waals surface area contributed by atoms with Crippen molar-refractivity contribution in [2.24, 2.45) is 5.41 Å². The van der Waals surface area contributed by atoms with Gasteiger partial charge in [0.25, 0.3) is 5.91 Å². The van der Waals surface area contributed by atoms with E-state index < -0.39 is 34.6 Å². The molecule has 5 rings (SSSR count). The van der Waals surface area contributed by atoms with E-state index in [-0.39, 0.29) is 31.4 Å². The zero-order valence-corrected chi connectivity index (χ0v) is 18.8. The van der Waals surface area contributed by atoms with Crippen LogP contribution in [-0.4, -0.2) is 35.2 Å². The number of carbonyl (C=O) groups is 2. The minimum absolute atomic E-state index is 0.0496. The van der Waals surface area contributed by atoms with Gasteiger partial charge in [0, 0.05) is 12.1 Å². The Hall–Kier alpha value is -3.14. The van der Waals surface area contributed by atoms with Crippen LogP contribution in [0.1, 0.15) is 43.2 Å². The SMILES string of the molecule is O=C(COc1ccc(F)cc1)NC12CCC(C(=O)NCc3ccc(C(F)(F)F)cc3)(CC1)[C@@H](O)C2. The van der Waals surface area contributed by atoms with Crippen molar-refractivity contribution >= 4 is 11.8 Å². The van der Waals surface area contributed by atoms with Crippen LogP contribution in [0.15, 0.2) is 48.5 Å². The molecular weight excluding hydrogens is 468 g/mol. The second kappa shape index (κ2) is 9.49. The van der Waals surface area contributed by atoms with Gasteiger partial charge in [0.05, 0.1) is 17.1 Å². The largest absolute Gasteiger partial charge is 0.484 e. The van der Waals surface area contributed by atoms with E-state index in [9.17, 15) is 32.3 Å². The van der Waals surface area contributed by atoms with Crippen molar-refractivity contribution < 1.29 is 37.0 Å². The molecule has 35 heavy (non-hydrogen) atoms. The zero-order chi connectivity index (χ0) is 25.3. The highest BCUT2D eigenvalue weighted by Gasteiger charge is 2.58. The molecule has 188 valence electrons. The molecule has 0 aliphatic heterocycles. The number of halogens is 4. The molecule has 0 heterocycles. The van der Waals surface area contributed by atoms with Crippen molar-refractivity contribution in [1.29, 1.82) is 0 Å². The Labute approximate surface area is 199 Å². The molecule has 1 atom stereocenters. The molecule has 2 amide bonds. The van der Waals surface area contributed by atoms with Crippen LogP contribution in [0.2, 0.25) is 0 Å². The normalized spacial score (nSPS) is 25.7. The summed E-state index contributed by atoms with van der Waals surface area (Å²) in [6, 6.07) is 9.85. The summed E-state index contributed by atoms with van der Waals surface area (Å²) in [6.45, 7) is -0.212. The summed E-state index contributed by atoms with van der Waals surface area (Å²) < 4.78 is 56.5. The lowest BCUT2D eigenvalue weighted by Gasteiger charge is -2.55. The van der Waals surface area contributed by atoms with Gasteiger partial charge in [0.2, 0.25) is 5.91 Å². The van der Waals surface area contributed by atoms with Crippen LogP contribution in [0, 0.1) is 11.2 Å². The first-order valence-electron chi connectivity index (χ1n) is 11.3. The summed E-state index contributed by atoms with van der Waals surface area (Å²) >= 11 is 0. The average molecular weight is 494 g/mol. The third-order valence-corrected chi connectivity index (χ3v) is 7.10. The van der Waals surface area contributed by atoms with Gasteiger partial charge in [0.15, 0.2) is 6.61 Å². The number of aliphatic hydroxyl groups excluding tert-OH is 1. The van der Waals surface area contributed by atoms with Crippen LogP contribution >= 0.6 is 0 Å². The molecule has 0 spiro atoms. The Morgan fingerprint density at radius 2 is 1.63 bits per heavy atom. The van der Waals surface area contributed by atoms with Crippen LogP contribution in [0.5, 0.6) is 5.75 Å². The molecule has 3 aliphatic carbocycles. The number of benzene rings is 2. The third-order valence-electron chi connectivity index (χ3n) is 7.10. The maximum Gasteiger partial charge on any atom is 0.416 e. The van der Waals surface area contributed by atoms with Gasteiger partial charge in [-0.05, 0) is 74.1 Å². The molecule has 2 aromatic rings. The molecule has 0 aromatic heterocycles. The van der Waals surface area contributed by atoms with E-state index in [0.29, 0.717) is 37.0 Å². The Morgan fingerprint density at radius 3 is 2.20 bits per heavy atom. The molecule has 0 unspecified atom stereocenters. The van der Waals surface area contributed by atoms with Gasteiger partial charge in [-0.25, -0.2) is 4.39 Å². The third kappa shape index (κ3) is 5.42. The number of fused-ring (bicyclic) bond motifs is 3. The predicted octanol–water partition coefficient (Wildman–Crippen LogP) is 3.72. The van der Waals surface area contributed by atoms with E-state index >= 15 is 0 Å². The maximum absolute atomic E-state index is 13.0. The van der Waals surface area contributed by atoms with Crippen molar-refractivity contribution in [3.05, 3.63) is 65.5 Å². The lowest BCUT2D eigenvalue weighted by Crippen LogP contribution is -2.65. The van der Waals surface area contributed by atoms with Gasteiger partial charge < -0.3 is 20.5 Å². The second-order valence-electron chi connectivity index (χ2n) is 9.32. The predicted molar refractivity (Wildman–Crippen MR) is 118 cm³/mol. The number of carbonyl (C=O) groups excluding carboxylic acids is 2. The van der Waals surface area contributed by atoms with Gasteiger partial charge >= 0.3 is 6.18 Å². The van der Waals surface area contributed by atoms with E-state index in [1.165, 1.54) is 36.4 Å². The monoisotopic (exact) mass is 494 g/mol. The molecule has 3 aliphatic rings. The van der Waals surface area contributed by atoms with Crippen molar-refractivity contribution in [1.82, 2.24) is 10.6 Å². The molecule has 3 N–H and O–H groups in total. The first kappa shape index (κ1) is 25.0. The Kier molecular flexibility index (Phi) is 6.77. The standard InChI is InChI=1S/C25H26F4N2O4/c26-18-5-7-19(8-6-18)35-15-21(33)31-23-9-11-24(12-10-23,20(32)13-23)22(34)30-14-16-1-3-17(4-2-16)25(27,28)29/h1-8,20,32H,9-15H2,(H,30,34)(H,31,33)/t20-,23?,24?/m0/s1. The first-order valence-corrected chi connectivity index (χ1v) is 11.3. The minimum Gasteiger partial charge on any atom is -0.484 e. The smallest absolute Gasteiger partial charge is 0.416 e. The zero-order valence-electron chi connectivity index (χ0n) is 18.8. The number of aliphatic hydroxyl groups is 1. The highest BCUT2D eigenvalue weighted by atomic mass is 19.4. The highest BCUT2D eigenvalue weighted by molar-refractivity contribution is 5.84. The summed E-state index contributed by atoms with van der Waals surface area (Å²) in [4.78, 5) is 25.5. The molecule has 2 bridgehead atoms. The quantitative estimate of drug-likeness (QED) is 0.512. The molecule has 10 heteroatoms. The summed E-state index contributed by atoms with van der Waals surface area (Å²) in [5.74, 6) is -0.770. The number of alkyl halides is 3. The minimum atomic E-state index is -4.43. The van der Waals surface area contributed by atoms with Gasteiger partial charge in [-0.1, -0.05) is 12.1 Å². The van der Waals surface area contributed by atoms with E-state index in [0.717, 1.165) is 12.1 Å². The molecule has 0 radical (unpaired) electrons. The van der Waals surface area contributed by atoms with Gasteiger partial charge in [0.1, 0.15) is 11.6 Å². The summed E-state index contributed by atoms with van der Waals surface area (Å²) in [5.41, 5.74) is -1.88. The number of hydrogen-bond acceptors (Lipinski definition) is 4. The molecular formula is C25H26F4N2O4. The summed E-state index contributed by atoms with van der Waals surface area (Å²) in [5, 5.41) is 16.5. The Bertz CT molecular complexity index is 1060. The molecule has 2 aromatic carbocycles. The fourth-order valence-electron chi connectivity index (χ4n) is 5.01. The second-order valence-corrected chi connectivity index (χ2v) is 9.32. The van der Waals surface area contributed by atoms with Gasteiger partial charge in [-0.15, -0.1) is 0 Å². The van der Waals surface area contributed by atoms with Gasteiger partial charge in [-0.2, -0.15) is 13.2 Å². The van der Waals surface area contributed by atoms with Gasteiger partial charge in [-0.3, -0.25) is 9.59 Å². The van der Waals surface area contributed by atoms with Crippen LogP contribution in [0.3, 0.4) is 0 Å². The number of rotatable bonds is 7. The lowest BCUT2D eigenvalue weighted by molar-refractivity contribution is -0.156. The van der Waals surface area contributed by atoms with Crippen molar-refractivity contribution in [2.45, 2.75) is 56.5 Å². The fourth-order valence-corrected chi connectivity index (χ4v) is 5.01. The number of ether oxygens (including phenoxy) is 1. The number of nitrogens with one attached hydrogen (secondary N) is 2. The number of hydrogen-bond donors (Lipinski definition) is 3. The fraction of sp³-hybridized carbons (Fsp3) is 0.440. The van der Waals surface area contributed by atoms with Crippen LogP contribution in [0.25, 0.3) is 0 Å². The Morgan fingerprint density at radius 1 is 1.00 bits per heavy atom. The van der Waals surface area contributed by atoms with Crippen molar-refractivity contribution in [2.75, 3.05) is 6.61 Å². The number of amides is 2. The van der Waals surface area contributed by atoms with Crippen molar-refractivity contribution in [3.8, 4) is 5.75 Å². The van der Waals surface area contributed by atoms with Crippen LogP contribution in [0.4, 0.5) is 17.6 Å². The molecule has 0 saturated heterocycles. The highest BCUT2D eigenvalue weighted by Crippen LogP contribution is 2.52. The van der Waals surface area contributed by atoms with Crippen LogP contribution in [-0.2, 0) is 22.3 Å². The van der Waals surface area contributed by atoms with E-state index in [4.69, 9.17) is 4.74 Å². The molecule has 3 saturated carbocycles. The first-order chi connectivity index (χ1) is 16.5. The van der Waals surface area contributed by atoms with E-state index in [1.807, 2.05) is 0 Å². The summed E-state index contributed by atoms with van der Waals surface area (Å²) in [7, 11) is 0. The Balaban J connectivity index is 1.30.